The van der Waals surface area contributed by atoms with Crippen LogP contribution in [-0.2, 0) is 21.2 Å². The van der Waals surface area contributed by atoms with Gasteiger partial charge in [-0.3, -0.25) is 14.5 Å². The molecule has 0 aliphatic carbocycles. The summed E-state index contributed by atoms with van der Waals surface area (Å²) in [4.78, 5) is 29.9. The molecule has 0 aliphatic heterocycles. The molecule has 6 rings (SSSR count). The molecule has 6 aromatic rings. The number of carboxylic acid groups (broad SMARTS) is 1. The van der Waals surface area contributed by atoms with Crippen molar-refractivity contribution in [3.63, 3.8) is 0 Å². The Morgan fingerprint density at radius 2 is 1.56 bits per heavy atom. The summed E-state index contributed by atoms with van der Waals surface area (Å²) in [7, 11) is -4.21. The van der Waals surface area contributed by atoms with Gasteiger partial charge in [-0.2, -0.15) is 0 Å². The quantitative estimate of drug-likeness (QED) is 0.129. The highest BCUT2D eigenvalue weighted by Gasteiger charge is 2.26. The summed E-state index contributed by atoms with van der Waals surface area (Å²) in [6, 6.07) is 35.2. The maximum atomic E-state index is 13.5. The van der Waals surface area contributed by atoms with Gasteiger partial charge in [0, 0.05) is 28.6 Å². The molecule has 0 saturated heterocycles. The molecule has 0 aliphatic rings. The lowest BCUT2D eigenvalue weighted by molar-refractivity contribution is -0.139. The van der Waals surface area contributed by atoms with Crippen molar-refractivity contribution in [2.75, 3.05) is 4.72 Å². The number of hydrogen-bond acceptors (Lipinski definition) is 6. The number of nitrogens with zero attached hydrogens (tertiary/aromatic N) is 1. The van der Waals surface area contributed by atoms with E-state index in [1.807, 2.05) is 66.7 Å². The number of nitrogens with one attached hydrogen (secondary N) is 2. The van der Waals surface area contributed by atoms with Crippen LogP contribution in [0.3, 0.4) is 0 Å². The van der Waals surface area contributed by atoms with E-state index in [4.69, 9.17) is 16.3 Å². The normalized spacial score (nSPS) is 11.9. The van der Waals surface area contributed by atoms with Crippen LogP contribution < -0.4 is 14.8 Å². The Hall–Kier alpha value is -5.71. The lowest BCUT2D eigenvalue weighted by Gasteiger charge is -2.18. The number of benzene rings is 5. The summed E-state index contributed by atoms with van der Waals surface area (Å²) < 4.78 is 35.5. The van der Waals surface area contributed by atoms with Crippen molar-refractivity contribution in [2.24, 2.45) is 0 Å². The number of carbonyl (C=O) groups excluding carboxylic acids is 1. The number of carbonyl (C=O) groups is 2. The Morgan fingerprint density at radius 1 is 0.833 bits per heavy atom. The molecule has 240 valence electrons. The lowest BCUT2D eigenvalue weighted by atomic mass is 9.99. The molecule has 9 nitrogen and oxygen atoms in total. The predicted molar refractivity (Wildman–Crippen MR) is 185 cm³/mol. The molecule has 0 saturated carbocycles. The zero-order chi connectivity index (χ0) is 33.7. The number of carboxylic acids is 1. The minimum Gasteiger partial charge on any atom is -0.480 e. The number of amides is 1. The zero-order valence-corrected chi connectivity index (χ0v) is 26.8. The van der Waals surface area contributed by atoms with Crippen molar-refractivity contribution < 1.29 is 27.9 Å². The molecule has 1 unspecified atom stereocenters. The van der Waals surface area contributed by atoms with Gasteiger partial charge in [0.1, 0.15) is 22.4 Å². The van der Waals surface area contributed by atoms with E-state index in [2.05, 4.69) is 15.0 Å². The SMILES string of the molecule is O=C(NC(Cc1ccc(-c2ccccc2Oc2ccccc2)cc1)C(=O)O)c1cc(Cl)ccc1NS(=O)(=O)c1cccc2cccnc12. The number of rotatable bonds is 11. The molecule has 1 heterocycles. The van der Waals surface area contributed by atoms with E-state index in [-0.39, 0.29) is 33.1 Å². The number of fused-ring (bicyclic) bond motifs is 1. The highest BCUT2D eigenvalue weighted by atomic mass is 35.5. The number of hydrogen-bond donors (Lipinski definition) is 3. The standard InChI is InChI=1S/C37H28ClN3O6S/c38-27-19-20-31(41-48(45,46)34-14-6-8-26-9-7-21-39-35(26)34)30(23-27)36(42)40-32(37(43)44)22-24-15-17-25(18-16-24)29-12-4-5-13-33(29)47-28-10-2-1-3-11-28/h1-21,23,32,41H,22H2,(H,40,42)(H,43,44). The van der Waals surface area contributed by atoms with Gasteiger partial charge in [0.25, 0.3) is 15.9 Å². The van der Waals surface area contributed by atoms with Crippen LogP contribution in [0, 0.1) is 0 Å². The zero-order valence-electron chi connectivity index (χ0n) is 25.2. The first-order valence-corrected chi connectivity index (χ1v) is 16.6. The van der Waals surface area contributed by atoms with Gasteiger partial charge in [-0.25, -0.2) is 13.2 Å². The summed E-state index contributed by atoms with van der Waals surface area (Å²) in [5.41, 5.74) is 2.41. The van der Waals surface area contributed by atoms with E-state index in [0.717, 1.165) is 11.1 Å². The van der Waals surface area contributed by atoms with Crippen molar-refractivity contribution in [2.45, 2.75) is 17.4 Å². The fraction of sp³-hybridized carbons (Fsp3) is 0.0541. The minimum atomic E-state index is -4.21. The van der Waals surface area contributed by atoms with Crippen LogP contribution in [-0.4, -0.2) is 36.4 Å². The Labute approximate surface area is 281 Å². The van der Waals surface area contributed by atoms with E-state index >= 15 is 0 Å². The predicted octanol–water partition coefficient (Wildman–Crippen LogP) is 7.57. The van der Waals surface area contributed by atoms with Gasteiger partial charge in [-0.05, 0) is 59.7 Å². The van der Waals surface area contributed by atoms with Gasteiger partial charge in [-0.1, -0.05) is 90.5 Å². The van der Waals surface area contributed by atoms with E-state index < -0.39 is 27.9 Å². The lowest BCUT2D eigenvalue weighted by Crippen LogP contribution is -2.42. The first-order valence-electron chi connectivity index (χ1n) is 14.8. The Balaban J connectivity index is 1.20. The minimum absolute atomic E-state index is 0.0349. The van der Waals surface area contributed by atoms with Crippen LogP contribution in [0.5, 0.6) is 11.5 Å². The van der Waals surface area contributed by atoms with Gasteiger partial charge in [0.05, 0.1) is 16.8 Å². The van der Waals surface area contributed by atoms with Gasteiger partial charge >= 0.3 is 5.97 Å². The number of halogens is 1. The molecule has 5 aromatic carbocycles. The summed E-state index contributed by atoms with van der Waals surface area (Å²) in [6.45, 7) is 0. The maximum absolute atomic E-state index is 13.5. The topological polar surface area (TPSA) is 135 Å². The molecular formula is C37H28ClN3O6S. The molecule has 0 bridgehead atoms. The number of pyridine rings is 1. The van der Waals surface area contributed by atoms with Gasteiger partial charge in [0.2, 0.25) is 0 Å². The number of para-hydroxylation sites is 3. The monoisotopic (exact) mass is 677 g/mol. The average molecular weight is 678 g/mol. The van der Waals surface area contributed by atoms with Crippen LogP contribution in [0.2, 0.25) is 5.02 Å². The molecule has 1 amide bonds. The van der Waals surface area contributed by atoms with E-state index in [1.54, 1.807) is 36.4 Å². The van der Waals surface area contributed by atoms with Crippen molar-refractivity contribution in [3.8, 4) is 22.6 Å². The Morgan fingerprint density at radius 3 is 2.33 bits per heavy atom. The number of sulfonamides is 1. The van der Waals surface area contributed by atoms with Crippen molar-refractivity contribution in [3.05, 3.63) is 150 Å². The molecule has 1 aromatic heterocycles. The molecule has 48 heavy (non-hydrogen) atoms. The highest BCUT2D eigenvalue weighted by molar-refractivity contribution is 7.93. The molecule has 3 N–H and O–H groups in total. The number of aliphatic carboxylic acids is 1. The van der Waals surface area contributed by atoms with Crippen LogP contribution in [0.1, 0.15) is 15.9 Å². The Bertz CT molecular complexity index is 2220. The smallest absolute Gasteiger partial charge is 0.326 e. The molecule has 0 radical (unpaired) electrons. The van der Waals surface area contributed by atoms with Crippen LogP contribution >= 0.6 is 11.6 Å². The van der Waals surface area contributed by atoms with Crippen LogP contribution in [0.15, 0.2) is 138 Å². The molecule has 0 spiro atoms. The fourth-order valence-corrected chi connectivity index (χ4v) is 6.62. The number of anilines is 1. The largest absolute Gasteiger partial charge is 0.480 e. The summed E-state index contributed by atoms with van der Waals surface area (Å²) in [5, 5.41) is 13.3. The van der Waals surface area contributed by atoms with Gasteiger partial charge < -0.3 is 15.2 Å². The molecule has 0 fully saturated rings. The third-order valence-corrected chi connectivity index (χ3v) is 9.15. The summed E-state index contributed by atoms with van der Waals surface area (Å²) >= 11 is 6.19. The van der Waals surface area contributed by atoms with Crippen molar-refractivity contribution in [1.82, 2.24) is 10.3 Å². The van der Waals surface area contributed by atoms with Gasteiger partial charge in [-0.15, -0.1) is 0 Å². The number of aromatic nitrogens is 1. The second kappa shape index (κ2) is 14.0. The van der Waals surface area contributed by atoms with E-state index in [0.29, 0.717) is 22.4 Å². The first kappa shape index (κ1) is 32.2. The molecular weight excluding hydrogens is 650 g/mol. The van der Waals surface area contributed by atoms with Gasteiger partial charge in [0.15, 0.2) is 0 Å². The second-order valence-electron chi connectivity index (χ2n) is 10.8. The third kappa shape index (κ3) is 7.30. The second-order valence-corrected chi connectivity index (χ2v) is 12.9. The van der Waals surface area contributed by atoms with Crippen LogP contribution in [0.25, 0.3) is 22.0 Å². The van der Waals surface area contributed by atoms with Crippen LogP contribution in [0.4, 0.5) is 5.69 Å². The fourth-order valence-electron chi connectivity index (χ4n) is 5.19. The van der Waals surface area contributed by atoms with Crippen molar-refractivity contribution in [1.29, 1.82) is 0 Å². The first-order chi connectivity index (χ1) is 23.2. The number of ether oxygens (including phenoxy) is 1. The maximum Gasteiger partial charge on any atom is 0.326 e. The van der Waals surface area contributed by atoms with Crippen molar-refractivity contribution >= 4 is 50.1 Å². The van der Waals surface area contributed by atoms with E-state index in [1.165, 1.54) is 30.5 Å². The molecule has 11 heteroatoms. The highest BCUT2D eigenvalue weighted by Crippen LogP contribution is 2.33. The summed E-state index contributed by atoms with van der Waals surface area (Å²) in [6.07, 6.45) is 1.45. The average Bonchev–Trinajstić information content (AvgIpc) is 3.09. The van der Waals surface area contributed by atoms with E-state index in [9.17, 15) is 23.1 Å². The third-order valence-electron chi connectivity index (χ3n) is 7.52. The summed E-state index contributed by atoms with van der Waals surface area (Å²) in [5.74, 6) is -0.720. The Kier molecular flexibility index (Phi) is 9.38. The molecule has 1 atom stereocenters.